The first-order valence-electron chi connectivity index (χ1n) is 9.66. The van der Waals surface area contributed by atoms with Crippen LogP contribution in [0.3, 0.4) is 0 Å². The molecule has 0 spiro atoms. The van der Waals surface area contributed by atoms with Crippen molar-refractivity contribution in [2.24, 2.45) is 0 Å². The minimum absolute atomic E-state index is 0.0564. The number of para-hydroxylation sites is 1. The third-order valence-corrected chi connectivity index (χ3v) is 6.45. The number of amides is 1. The van der Waals surface area contributed by atoms with Crippen molar-refractivity contribution in [3.8, 4) is 17.2 Å². The van der Waals surface area contributed by atoms with Crippen LogP contribution in [0.15, 0.2) is 53.4 Å². The lowest BCUT2D eigenvalue weighted by molar-refractivity contribution is -0.130. The van der Waals surface area contributed by atoms with Crippen LogP contribution in [-0.2, 0) is 14.8 Å². The topological polar surface area (TPSA) is 85.4 Å². The van der Waals surface area contributed by atoms with Gasteiger partial charge in [-0.3, -0.25) is 4.79 Å². The number of likely N-dealkylation sites (N-methyl/N-ethyl adjacent to an activating group) is 2. The first kappa shape index (κ1) is 21.9. The summed E-state index contributed by atoms with van der Waals surface area (Å²) in [5, 5.41) is 0. The molecule has 0 atom stereocenters. The zero-order chi connectivity index (χ0) is 21.6. The van der Waals surface area contributed by atoms with Crippen molar-refractivity contribution in [2.75, 3.05) is 47.0 Å². The Bertz CT molecular complexity index is 965. The van der Waals surface area contributed by atoms with Gasteiger partial charge in [0.1, 0.15) is 19.0 Å². The van der Waals surface area contributed by atoms with E-state index in [2.05, 4.69) is 0 Å². The van der Waals surface area contributed by atoms with Crippen LogP contribution < -0.4 is 14.2 Å². The second kappa shape index (κ2) is 9.82. The number of nitrogens with zero attached hydrogens (tertiary/aromatic N) is 2. The molecular formula is C21H26N2O6S. The Balaban J connectivity index is 1.51. The average molecular weight is 435 g/mol. The fourth-order valence-electron chi connectivity index (χ4n) is 2.89. The first-order chi connectivity index (χ1) is 14.4. The number of hydrogen-bond acceptors (Lipinski definition) is 6. The summed E-state index contributed by atoms with van der Waals surface area (Å²) in [6, 6.07) is 13.9. The van der Waals surface area contributed by atoms with Gasteiger partial charge in [0, 0.05) is 26.7 Å². The number of rotatable bonds is 9. The molecule has 2 aromatic rings. The van der Waals surface area contributed by atoms with Crippen molar-refractivity contribution < 1.29 is 27.4 Å². The lowest BCUT2D eigenvalue weighted by atomic mass is 10.3. The van der Waals surface area contributed by atoms with Crippen LogP contribution in [0.25, 0.3) is 0 Å². The number of carbonyl (C=O) groups is 1. The van der Waals surface area contributed by atoms with Gasteiger partial charge in [-0.15, -0.1) is 0 Å². The summed E-state index contributed by atoms with van der Waals surface area (Å²) in [6.45, 7) is 1.46. The Morgan fingerprint density at radius 1 is 1.03 bits per heavy atom. The van der Waals surface area contributed by atoms with Gasteiger partial charge in [0.2, 0.25) is 15.9 Å². The standard InChI is InChI=1S/C21H26N2O6S/c1-22(11-6-12-27-17-7-4-3-5-8-17)21(24)16-23(2)30(25,26)18-9-10-19-20(15-18)29-14-13-28-19/h3-5,7-10,15H,6,11-14,16H2,1-2H3. The third kappa shape index (κ3) is 5.43. The monoisotopic (exact) mass is 434 g/mol. The minimum atomic E-state index is -3.84. The van der Waals surface area contributed by atoms with E-state index >= 15 is 0 Å². The Morgan fingerprint density at radius 3 is 2.47 bits per heavy atom. The summed E-state index contributed by atoms with van der Waals surface area (Å²) in [4.78, 5) is 14.0. The minimum Gasteiger partial charge on any atom is -0.494 e. The van der Waals surface area contributed by atoms with E-state index in [0.717, 1.165) is 10.1 Å². The summed E-state index contributed by atoms with van der Waals surface area (Å²) >= 11 is 0. The molecule has 0 aromatic heterocycles. The fraction of sp³-hybridized carbons (Fsp3) is 0.381. The second-order valence-corrected chi connectivity index (χ2v) is 8.94. The zero-order valence-corrected chi connectivity index (χ0v) is 17.9. The van der Waals surface area contributed by atoms with Gasteiger partial charge in [-0.25, -0.2) is 8.42 Å². The second-order valence-electron chi connectivity index (χ2n) is 6.90. The van der Waals surface area contributed by atoms with Gasteiger partial charge in [-0.2, -0.15) is 4.31 Å². The molecule has 162 valence electrons. The number of benzene rings is 2. The van der Waals surface area contributed by atoms with Gasteiger partial charge in [0.15, 0.2) is 11.5 Å². The van der Waals surface area contributed by atoms with Crippen molar-refractivity contribution in [3.63, 3.8) is 0 Å². The van der Waals surface area contributed by atoms with Gasteiger partial charge >= 0.3 is 0 Å². The molecule has 0 aliphatic carbocycles. The molecule has 8 nitrogen and oxygen atoms in total. The van der Waals surface area contributed by atoms with E-state index in [-0.39, 0.29) is 17.3 Å². The molecule has 0 fully saturated rings. The molecule has 9 heteroatoms. The van der Waals surface area contributed by atoms with Gasteiger partial charge in [-0.1, -0.05) is 18.2 Å². The molecule has 0 radical (unpaired) electrons. The van der Waals surface area contributed by atoms with Crippen LogP contribution in [0.5, 0.6) is 17.2 Å². The number of fused-ring (bicyclic) bond motifs is 1. The summed E-state index contributed by atoms with van der Waals surface area (Å²) in [5.41, 5.74) is 0. The number of ether oxygens (including phenoxy) is 3. The average Bonchev–Trinajstić information content (AvgIpc) is 2.76. The predicted molar refractivity (Wildman–Crippen MR) is 111 cm³/mol. The van der Waals surface area contributed by atoms with Crippen molar-refractivity contribution in [3.05, 3.63) is 48.5 Å². The van der Waals surface area contributed by atoms with Gasteiger partial charge < -0.3 is 19.1 Å². The first-order valence-corrected chi connectivity index (χ1v) is 11.1. The van der Waals surface area contributed by atoms with E-state index in [9.17, 15) is 13.2 Å². The highest BCUT2D eigenvalue weighted by Crippen LogP contribution is 2.32. The molecule has 1 heterocycles. The molecule has 30 heavy (non-hydrogen) atoms. The lowest BCUT2D eigenvalue weighted by Crippen LogP contribution is -2.40. The molecule has 1 aliphatic heterocycles. The van der Waals surface area contributed by atoms with Gasteiger partial charge in [0.05, 0.1) is 18.0 Å². The molecule has 1 amide bonds. The SMILES string of the molecule is CN(CCCOc1ccccc1)C(=O)CN(C)S(=O)(=O)c1ccc2c(c1)OCCO2. The molecule has 0 unspecified atom stereocenters. The van der Waals surface area contributed by atoms with Crippen molar-refractivity contribution in [1.82, 2.24) is 9.21 Å². The summed E-state index contributed by atoms with van der Waals surface area (Å²) < 4.78 is 43.2. The fourth-order valence-corrected chi connectivity index (χ4v) is 4.03. The molecule has 0 saturated heterocycles. The summed E-state index contributed by atoms with van der Waals surface area (Å²) in [7, 11) is -0.803. The summed E-state index contributed by atoms with van der Waals surface area (Å²) in [5.74, 6) is 1.38. The maximum Gasteiger partial charge on any atom is 0.243 e. The molecule has 3 rings (SSSR count). The quantitative estimate of drug-likeness (QED) is 0.562. The maximum atomic E-state index is 12.8. The molecule has 0 saturated carbocycles. The highest BCUT2D eigenvalue weighted by Gasteiger charge is 2.26. The van der Waals surface area contributed by atoms with E-state index < -0.39 is 10.0 Å². The Labute approximate surface area is 177 Å². The summed E-state index contributed by atoms with van der Waals surface area (Å²) in [6.07, 6.45) is 0.635. The van der Waals surface area contributed by atoms with Crippen LogP contribution in [0.2, 0.25) is 0 Å². The molecule has 1 aliphatic rings. The predicted octanol–water partition coefficient (Wildman–Crippen LogP) is 2.01. The largest absolute Gasteiger partial charge is 0.494 e. The number of sulfonamides is 1. The van der Waals surface area contributed by atoms with Gasteiger partial charge in [-0.05, 0) is 30.7 Å². The van der Waals surface area contributed by atoms with Crippen molar-refractivity contribution in [1.29, 1.82) is 0 Å². The Hall–Kier alpha value is -2.78. The number of hydrogen-bond donors (Lipinski definition) is 0. The van der Waals surface area contributed by atoms with Crippen LogP contribution in [0.1, 0.15) is 6.42 Å². The van der Waals surface area contributed by atoms with E-state index in [1.54, 1.807) is 13.1 Å². The van der Waals surface area contributed by atoms with Gasteiger partial charge in [0.25, 0.3) is 0 Å². The molecule has 0 bridgehead atoms. The molecule has 0 N–H and O–H groups in total. The van der Waals surface area contributed by atoms with Crippen LogP contribution in [-0.4, -0.2) is 70.5 Å². The van der Waals surface area contributed by atoms with Crippen molar-refractivity contribution >= 4 is 15.9 Å². The third-order valence-electron chi connectivity index (χ3n) is 4.66. The Kier molecular flexibility index (Phi) is 7.17. The molecule has 2 aromatic carbocycles. The van der Waals surface area contributed by atoms with E-state index in [1.807, 2.05) is 30.3 Å². The molecular weight excluding hydrogens is 408 g/mol. The highest BCUT2D eigenvalue weighted by molar-refractivity contribution is 7.89. The zero-order valence-electron chi connectivity index (χ0n) is 17.1. The van der Waals surface area contributed by atoms with Crippen LogP contribution in [0.4, 0.5) is 0 Å². The van der Waals surface area contributed by atoms with Crippen LogP contribution >= 0.6 is 0 Å². The highest BCUT2D eigenvalue weighted by atomic mass is 32.2. The van der Waals surface area contributed by atoms with Crippen LogP contribution in [0, 0.1) is 0 Å². The Morgan fingerprint density at radius 2 is 1.73 bits per heavy atom. The normalized spacial score (nSPS) is 13.2. The van der Waals surface area contributed by atoms with Crippen molar-refractivity contribution in [2.45, 2.75) is 11.3 Å². The van der Waals surface area contributed by atoms with E-state index in [1.165, 1.54) is 24.1 Å². The van der Waals surface area contributed by atoms with E-state index in [4.69, 9.17) is 14.2 Å². The smallest absolute Gasteiger partial charge is 0.243 e. The lowest BCUT2D eigenvalue weighted by Gasteiger charge is -2.23. The van der Waals surface area contributed by atoms with E-state index in [0.29, 0.717) is 44.3 Å². The number of carbonyl (C=O) groups excluding carboxylic acids is 1. The maximum absolute atomic E-state index is 12.8.